The molecule has 25 heavy (non-hydrogen) atoms. The number of carboxylic acid groups (broad SMARTS) is 1. The van der Waals surface area contributed by atoms with E-state index in [0.717, 1.165) is 5.56 Å². The predicted molar refractivity (Wildman–Crippen MR) is 93.9 cm³/mol. The number of benzene rings is 2. The van der Waals surface area contributed by atoms with Gasteiger partial charge in [-0.1, -0.05) is 30.3 Å². The molecule has 0 aromatic heterocycles. The summed E-state index contributed by atoms with van der Waals surface area (Å²) in [4.78, 5) is 23.4. The summed E-state index contributed by atoms with van der Waals surface area (Å²) in [5, 5.41) is 11.8. The van der Waals surface area contributed by atoms with Gasteiger partial charge >= 0.3 is 5.97 Å². The van der Waals surface area contributed by atoms with Crippen molar-refractivity contribution in [2.45, 2.75) is 26.6 Å². The van der Waals surface area contributed by atoms with E-state index >= 15 is 0 Å². The molecule has 2 rings (SSSR count). The molecule has 0 spiro atoms. The number of amides is 1. The van der Waals surface area contributed by atoms with Crippen LogP contribution >= 0.6 is 0 Å². The van der Waals surface area contributed by atoms with E-state index < -0.39 is 12.1 Å². The summed E-state index contributed by atoms with van der Waals surface area (Å²) in [5.74, 6) is -1.05. The number of carbonyl (C=O) groups excluding carboxylic acids is 1. The van der Waals surface area contributed by atoms with Crippen molar-refractivity contribution < 1.29 is 24.2 Å². The van der Waals surface area contributed by atoms with Crippen molar-refractivity contribution in [1.82, 2.24) is 0 Å². The zero-order valence-electron chi connectivity index (χ0n) is 14.2. The summed E-state index contributed by atoms with van der Waals surface area (Å²) >= 11 is 0. The van der Waals surface area contributed by atoms with Gasteiger partial charge in [0.15, 0.2) is 0 Å². The van der Waals surface area contributed by atoms with Crippen LogP contribution in [0.1, 0.15) is 29.8 Å². The first-order valence-corrected chi connectivity index (χ1v) is 7.97. The molecule has 0 bridgehead atoms. The van der Waals surface area contributed by atoms with Crippen molar-refractivity contribution >= 4 is 17.6 Å². The second kappa shape index (κ2) is 8.84. The van der Waals surface area contributed by atoms with Gasteiger partial charge in [-0.05, 0) is 37.6 Å². The van der Waals surface area contributed by atoms with Gasteiger partial charge < -0.3 is 19.9 Å². The van der Waals surface area contributed by atoms with E-state index in [1.165, 1.54) is 18.2 Å². The normalized spacial score (nSPS) is 11.6. The van der Waals surface area contributed by atoms with Gasteiger partial charge in [0.1, 0.15) is 18.5 Å². The Morgan fingerprint density at radius 1 is 1.16 bits per heavy atom. The van der Waals surface area contributed by atoms with Crippen molar-refractivity contribution in [3.63, 3.8) is 0 Å². The Morgan fingerprint density at radius 3 is 2.52 bits per heavy atom. The average Bonchev–Trinajstić information content (AvgIpc) is 2.61. The van der Waals surface area contributed by atoms with Crippen molar-refractivity contribution in [2.75, 3.05) is 11.9 Å². The Morgan fingerprint density at radius 2 is 1.88 bits per heavy atom. The van der Waals surface area contributed by atoms with Crippen LogP contribution < -0.4 is 10.1 Å². The lowest BCUT2D eigenvalue weighted by molar-refractivity contribution is -0.126. The highest BCUT2D eigenvalue weighted by Gasteiger charge is 2.17. The standard InChI is InChI=1S/C19H21NO5/c1-3-24-13(2)18(21)20-16-11-15(19(22)23)9-10-17(16)25-12-14-7-5-4-6-8-14/h4-11,13H,3,12H2,1-2H3,(H,20,21)(H,22,23)/t13-/m0/s1. The van der Waals surface area contributed by atoms with Gasteiger partial charge in [-0.15, -0.1) is 0 Å². The highest BCUT2D eigenvalue weighted by Crippen LogP contribution is 2.27. The van der Waals surface area contributed by atoms with Crippen LogP contribution in [-0.2, 0) is 16.1 Å². The fraction of sp³-hybridized carbons (Fsp3) is 0.263. The van der Waals surface area contributed by atoms with E-state index in [4.69, 9.17) is 14.6 Å². The van der Waals surface area contributed by atoms with Crippen LogP contribution in [0.2, 0.25) is 0 Å². The smallest absolute Gasteiger partial charge is 0.335 e. The largest absolute Gasteiger partial charge is 0.487 e. The molecule has 6 nitrogen and oxygen atoms in total. The number of carboxylic acids is 1. The summed E-state index contributed by atoms with van der Waals surface area (Å²) in [6.07, 6.45) is -0.652. The fourth-order valence-electron chi connectivity index (χ4n) is 2.18. The van der Waals surface area contributed by atoms with Crippen LogP contribution in [0.4, 0.5) is 5.69 Å². The Bertz CT molecular complexity index is 730. The zero-order valence-corrected chi connectivity index (χ0v) is 14.2. The molecule has 0 aliphatic carbocycles. The molecular formula is C19H21NO5. The maximum Gasteiger partial charge on any atom is 0.335 e. The van der Waals surface area contributed by atoms with Crippen molar-refractivity contribution in [3.05, 3.63) is 59.7 Å². The monoisotopic (exact) mass is 343 g/mol. The third-order valence-corrected chi connectivity index (χ3v) is 3.51. The van der Waals surface area contributed by atoms with Crippen LogP contribution in [0.15, 0.2) is 48.5 Å². The molecule has 0 unspecified atom stereocenters. The van der Waals surface area contributed by atoms with Gasteiger partial charge in [0.25, 0.3) is 5.91 Å². The first-order valence-electron chi connectivity index (χ1n) is 7.97. The second-order valence-electron chi connectivity index (χ2n) is 5.38. The molecule has 0 saturated carbocycles. The molecule has 0 radical (unpaired) electrons. The highest BCUT2D eigenvalue weighted by atomic mass is 16.5. The van der Waals surface area contributed by atoms with Gasteiger partial charge in [-0.25, -0.2) is 4.79 Å². The van der Waals surface area contributed by atoms with E-state index in [2.05, 4.69) is 5.32 Å². The molecule has 0 aliphatic rings. The second-order valence-corrected chi connectivity index (χ2v) is 5.38. The number of anilines is 1. The van der Waals surface area contributed by atoms with E-state index in [0.29, 0.717) is 24.7 Å². The van der Waals surface area contributed by atoms with Crippen LogP contribution in [0.25, 0.3) is 0 Å². The molecule has 2 aromatic rings. The maximum absolute atomic E-state index is 12.2. The minimum Gasteiger partial charge on any atom is -0.487 e. The first kappa shape index (κ1) is 18.5. The fourth-order valence-corrected chi connectivity index (χ4v) is 2.18. The molecular weight excluding hydrogens is 322 g/mol. The number of nitrogens with one attached hydrogen (secondary N) is 1. The molecule has 2 N–H and O–H groups in total. The van der Waals surface area contributed by atoms with E-state index in [-0.39, 0.29) is 11.5 Å². The summed E-state index contributed by atoms with van der Waals surface area (Å²) in [6.45, 7) is 4.13. The maximum atomic E-state index is 12.2. The van der Waals surface area contributed by atoms with Crippen LogP contribution in [0.3, 0.4) is 0 Å². The predicted octanol–water partition coefficient (Wildman–Crippen LogP) is 3.33. The van der Waals surface area contributed by atoms with Gasteiger partial charge in [0, 0.05) is 6.61 Å². The van der Waals surface area contributed by atoms with E-state index in [1.54, 1.807) is 13.8 Å². The zero-order chi connectivity index (χ0) is 18.2. The molecule has 0 fully saturated rings. The number of hydrogen-bond acceptors (Lipinski definition) is 4. The van der Waals surface area contributed by atoms with Gasteiger partial charge in [-0.2, -0.15) is 0 Å². The number of ether oxygens (including phenoxy) is 2. The highest BCUT2D eigenvalue weighted by molar-refractivity contribution is 5.97. The topological polar surface area (TPSA) is 84.9 Å². The van der Waals surface area contributed by atoms with E-state index in [1.807, 2.05) is 30.3 Å². The number of hydrogen-bond donors (Lipinski definition) is 2. The summed E-state index contributed by atoms with van der Waals surface area (Å²) in [6, 6.07) is 13.9. The van der Waals surface area contributed by atoms with Crippen LogP contribution in [0.5, 0.6) is 5.75 Å². The minimum atomic E-state index is -1.08. The first-order chi connectivity index (χ1) is 12.0. The summed E-state index contributed by atoms with van der Waals surface area (Å²) in [7, 11) is 0. The molecule has 132 valence electrons. The molecule has 0 aliphatic heterocycles. The van der Waals surface area contributed by atoms with Crippen LogP contribution in [-0.4, -0.2) is 29.7 Å². The van der Waals surface area contributed by atoms with Crippen molar-refractivity contribution in [1.29, 1.82) is 0 Å². The lowest BCUT2D eigenvalue weighted by Gasteiger charge is -2.16. The Hall–Kier alpha value is -2.86. The molecule has 1 atom stereocenters. The Kier molecular flexibility index (Phi) is 6.54. The average molecular weight is 343 g/mol. The number of carbonyl (C=O) groups is 2. The molecule has 6 heteroatoms. The van der Waals surface area contributed by atoms with Crippen molar-refractivity contribution in [2.24, 2.45) is 0 Å². The summed E-state index contributed by atoms with van der Waals surface area (Å²) < 4.78 is 11.0. The third-order valence-electron chi connectivity index (χ3n) is 3.51. The van der Waals surface area contributed by atoms with Gasteiger partial charge in [0.2, 0.25) is 0 Å². The molecule has 0 heterocycles. The van der Waals surface area contributed by atoms with E-state index in [9.17, 15) is 9.59 Å². The Labute approximate surface area is 146 Å². The number of rotatable bonds is 8. The number of aromatic carboxylic acids is 1. The third kappa shape index (κ3) is 5.32. The summed E-state index contributed by atoms with van der Waals surface area (Å²) in [5.41, 5.74) is 1.32. The minimum absolute atomic E-state index is 0.0615. The molecule has 1 amide bonds. The quantitative estimate of drug-likeness (QED) is 0.768. The lowest BCUT2D eigenvalue weighted by atomic mass is 10.1. The van der Waals surface area contributed by atoms with Crippen LogP contribution in [0, 0.1) is 0 Å². The SMILES string of the molecule is CCO[C@@H](C)C(=O)Nc1cc(C(=O)O)ccc1OCc1ccccc1. The van der Waals surface area contributed by atoms with Gasteiger partial charge in [-0.3, -0.25) is 4.79 Å². The molecule has 2 aromatic carbocycles. The van der Waals surface area contributed by atoms with Gasteiger partial charge in [0.05, 0.1) is 11.3 Å². The lowest BCUT2D eigenvalue weighted by Crippen LogP contribution is -2.28. The molecule has 0 saturated heterocycles. The van der Waals surface area contributed by atoms with Crippen molar-refractivity contribution in [3.8, 4) is 5.75 Å². The Balaban J connectivity index is 2.19.